The standard InChI is InChI=1S/C12H15Cl2N3OS/c1-2-17-4-3-8-9(6-17)19-11(15-8)16-10(18)7-5-12(7,13)14/h7H,2-6H2,1H3,(H,15,16,18). The molecule has 2 heterocycles. The van der Waals surface area contributed by atoms with Gasteiger partial charge in [0.2, 0.25) is 5.91 Å². The highest BCUT2D eigenvalue weighted by atomic mass is 35.5. The Labute approximate surface area is 126 Å². The third-order valence-electron chi connectivity index (χ3n) is 3.63. The van der Waals surface area contributed by atoms with Crippen molar-refractivity contribution >= 4 is 45.6 Å². The van der Waals surface area contributed by atoms with E-state index in [1.165, 1.54) is 4.88 Å². The number of halogens is 2. The van der Waals surface area contributed by atoms with E-state index in [1.807, 2.05) is 0 Å². The Kier molecular flexibility index (Phi) is 3.50. The number of nitrogens with zero attached hydrogens (tertiary/aromatic N) is 2. The minimum atomic E-state index is -0.875. The molecule has 0 aromatic carbocycles. The van der Waals surface area contributed by atoms with E-state index in [9.17, 15) is 4.79 Å². The molecule has 19 heavy (non-hydrogen) atoms. The van der Waals surface area contributed by atoms with Gasteiger partial charge in [0.25, 0.3) is 0 Å². The number of hydrogen-bond acceptors (Lipinski definition) is 4. The Hall–Kier alpha value is -0.360. The van der Waals surface area contributed by atoms with Crippen LogP contribution >= 0.6 is 34.5 Å². The Morgan fingerprint density at radius 2 is 2.37 bits per heavy atom. The fraction of sp³-hybridized carbons (Fsp3) is 0.667. The van der Waals surface area contributed by atoms with Crippen LogP contribution in [0, 0.1) is 5.92 Å². The molecule has 1 atom stereocenters. The van der Waals surface area contributed by atoms with Gasteiger partial charge < -0.3 is 5.32 Å². The molecule has 1 amide bonds. The van der Waals surface area contributed by atoms with Crippen LogP contribution in [0.25, 0.3) is 0 Å². The number of thiazole rings is 1. The Bertz CT molecular complexity index is 517. The van der Waals surface area contributed by atoms with Crippen LogP contribution in [0.2, 0.25) is 0 Å². The highest BCUT2D eigenvalue weighted by molar-refractivity contribution is 7.15. The number of likely N-dealkylation sites (N-methyl/N-ethyl adjacent to an activating group) is 1. The highest BCUT2D eigenvalue weighted by Gasteiger charge is 2.56. The number of carbonyl (C=O) groups excluding carboxylic acids is 1. The lowest BCUT2D eigenvalue weighted by Crippen LogP contribution is -2.29. The molecule has 0 bridgehead atoms. The number of amides is 1. The number of rotatable bonds is 3. The molecule has 1 aliphatic carbocycles. The van der Waals surface area contributed by atoms with Crippen molar-refractivity contribution in [2.75, 3.05) is 18.4 Å². The smallest absolute Gasteiger partial charge is 0.232 e. The Morgan fingerprint density at radius 1 is 1.63 bits per heavy atom. The van der Waals surface area contributed by atoms with Crippen molar-refractivity contribution in [1.82, 2.24) is 9.88 Å². The third kappa shape index (κ3) is 2.75. The molecule has 3 rings (SSSR count). The van der Waals surface area contributed by atoms with E-state index < -0.39 is 4.33 Å². The van der Waals surface area contributed by atoms with Crippen molar-refractivity contribution in [3.63, 3.8) is 0 Å². The molecule has 0 saturated heterocycles. The second-order valence-electron chi connectivity index (χ2n) is 5.01. The molecule has 0 radical (unpaired) electrons. The lowest BCUT2D eigenvalue weighted by atomic mass is 10.2. The summed E-state index contributed by atoms with van der Waals surface area (Å²) in [7, 11) is 0. The van der Waals surface area contributed by atoms with Crippen molar-refractivity contribution in [1.29, 1.82) is 0 Å². The van der Waals surface area contributed by atoms with Gasteiger partial charge in [-0.3, -0.25) is 9.69 Å². The molecule has 1 aromatic rings. The summed E-state index contributed by atoms with van der Waals surface area (Å²) in [6.45, 7) is 5.16. The zero-order valence-electron chi connectivity index (χ0n) is 10.6. The molecule has 1 N–H and O–H groups in total. The van der Waals surface area contributed by atoms with Gasteiger partial charge in [-0.25, -0.2) is 4.98 Å². The first kappa shape index (κ1) is 13.6. The molecule has 0 spiro atoms. The Balaban J connectivity index is 1.67. The SMILES string of the molecule is CCN1CCc2nc(NC(=O)C3CC3(Cl)Cl)sc2C1. The molecule has 1 unspecified atom stereocenters. The molecule has 7 heteroatoms. The van der Waals surface area contributed by atoms with Crippen LogP contribution in [0.5, 0.6) is 0 Å². The van der Waals surface area contributed by atoms with Crippen LogP contribution in [-0.2, 0) is 17.8 Å². The number of fused-ring (bicyclic) bond motifs is 1. The molecule has 1 fully saturated rings. The van der Waals surface area contributed by atoms with Gasteiger partial charge in [0.15, 0.2) is 5.13 Å². The number of carbonyl (C=O) groups is 1. The van der Waals surface area contributed by atoms with Crippen molar-refractivity contribution in [3.8, 4) is 0 Å². The van der Waals surface area contributed by atoms with Gasteiger partial charge in [0.05, 0.1) is 11.6 Å². The molecule has 104 valence electrons. The number of alkyl halides is 2. The maximum Gasteiger partial charge on any atom is 0.232 e. The first-order valence-corrected chi connectivity index (χ1v) is 7.96. The van der Waals surface area contributed by atoms with Crippen LogP contribution in [0.4, 0.5) is 5.13 Å². The van der Waals surface area contributed by atoms with E-state index in [-0.39, 0.29) is 11.8 Å². The second kappa shape index (κ2) is 4.88. The van der Waals surface area contributed by atoms with Gasteiger partial charge in [-0.15, -0.1) is 34.5 Å². The summed E-state index contributed by atoms with van der Waals surface area (Å²) in [4.78, 5) is 20.0. The molecule has 1 saturated carbocycles. The van der Waals surface area contributed by atoms with Gasteiger partial charge >= 0.3 is 0 Å². The van der Waals surface area contributed by atoms with Gasteiger partial charge in [0, 0.05) is 24.4 Å². The molecule has 1 aliphatic heterocycles. The van der Waals surface area contributed by atoms with E-state index in [1.54, 1.807) is 11.3 Å². The van der Waals surface area contributed by atoms with Crippen LogP contribution in [-0.4, -0.2) is 33.2 Å². The number of aromatic nitrogens is 1. The Morgan fingerprint density at radius 3 is 3.00 bits per heavy atom. The fourth-order valence-corrected chi connectivity index (χ4v) is 3.82. The van der Waals surface area contributed by atoms with Crippen molar-refractivity contribution in [2.45, 2.75) is 30.6 Å². The number of anilines is 1. The minimum Gasteiger partial charge on any atom is -0.302 e. The number of nitrogens with one attached hydrogen (secondary N) is 1. The average Bonchev–Trinajstić information content (AvgIpc) is 2.83. The molecule has 2 aliphatic rings. The van der Waals surface area contributed by atoms with Crippen molar-refractivity contribution < 1.29 is 4.79 Å². The normalized spacial score (nSPS) is 24.9. The summed E-state index contributed by atoms with van der Waals surface area (Å²) in [6.07, 6.45) is 1.48. The largest absolute Gasteiger partial charge is 0.302 e. The molecular weight excluding hydrogens is 305 g/mol. The maximum absolute atomic E-state index is 11.9. The summed E-state index contributed by atoms with van der Waals surface area (Å²) in [6, 6.07) is 0. The lowest BCUT2D eigenvalue weighted by Gasteiger charge is -2.23. The summed E-state index contributed by atoms with van der Waals surface area (Å²) in [5, 5.41) is 3.50. The van der Waals surface area contributed by atoms with Gasteiger partial charge in [-0.1, -0.05) is 6.92 Å². The molecule has 4 nitrogen and oxygen atoms in total. The molecule has 1 aromatic heterocycles. The zero-order chi connectivity index (χ0) is 13.6. The maximum atomic E-state index is 11.9. The summed E-state index contributed by atoms with van der Waals surface area (Å²) >= 11 is 13.3. The molecular formula is C12H15Cl2N3OS. The van der Waals surface area contributed by atoms with E-state index >= 15 is 0 Å². The topological polar surface area (TPSA) is 45.2 Å². The monoisotopic (exact) mass is 319 g/mol. The van der Waals surface area contributed by atoms with Crippen LogP contribution in [0.1, 0.15) is 23.9 Å². The predicted molar refractivity (Wildman–Crippen MR) is 77.9 cm³/mol. The summed E-state index contributed by atoms with van der Waals surface area (Å²) < 4.78 is -0.875. The van der Waals surface area contributed by atoms with E-state index in [2.05, 4.69) is 22.1 Å². The third-order valence-corrected chi connectivity index (χ3v) is 5.46. The van der Waals surface area contributed by atoms with Crippen LogP contribution < -0.4 is 5.32 Å². The summed E-state index contributed by atoms with van der Waals surface area (Å²) in [5.74, 6) is -0.424. The summed E-state index contributed by atoms with van der Waals surface area (Å²) in [5.41, 5.74) is 1.11. The van der Waals surface area contributed by atoms with Gasteiger partial charge in [0.1, 0.15) is 4.33 Å². The van der Waals surface area contributed by atoms with E-state index in [4.69, 9.17) is 23.2 Å². The van der Waals surface area contributed by atoms with Gasteiger partial charge in [-0.05, 0) is 13.0 Å². The fourth-order valence-electron chi connectivity index (χ4n) is 2.26. The van der Waals surface area contributed by atoms with Crippen LogP contribution in [0.15, 0.2) is 0 Å². The minimum absolute atomic E-state index is 0.122. The van der Waals surface area contributed by atoms with E-state index in [0.717, 1.165) is 31.7 Å². The zero-order valence-corrected chi connectivity index (χ0v) is 12.9. The van der Waals surface area contributed by atoms with E-state index in [0.29, 0.717) is 11.6 Å². The first-order chi connectivity index (χ1) is 8.99. The van der Waals surface area contributed by atoms with Gasteiger partial charge in [-0.2, -0.15) is 0 Å². The van der Waals surface area contributed by atoms with Crippen LogP contribution in [0.3, 0.4) is 0 Å². The number of hydrogen-bond donors (Lipinski definition) is 1. The van der Waals surface area contributed by atoms with Crippen molar-refractivity contribution in [3.05, 3.63) is 10.6 Å². The quantitative estimate of drug-likeness (QED) is 0.871. The first-order valence-electron chi connectivity index (χ1n) is 6.39. The average molecular weight is 320 g/mol. The predicted octanol–water partition coefficient (Wildman–Crippen LogP) is 2.65. The lowest BCUT2D eigenvalue weighted by molar-refractivity contribution is -0.117. The van der Waals surface area contributed by atoms with Crippen molar-refractivity contribution in [2.24, 2.45) is 5.92 Å². The highest BCUT2D eigenvalue weighted by Crippen LogP contribution is 2.53. The second-order valence-corrected chi connectivity index (χ2v) is 7.64.